The number of hydrogen-bond donors (Lipinski definition) is 18. The van der Waals surface area contributed by atoms with E-state index in [9.17, 15) is 77.3 Å². The largest absolute Gasteiger partial charge is 0.480 e. The van der Waals surface area contributed by atoms with Gasteiger partial charge >= 0.3 is 5.97 Å². The van der Waals surface area contributed by atoms with Gasteiger partial charge in [0.2, 0.25) is 76.8 Å². The van der Waals surface area contributed by atoms with Crippen molar-refractivity contribution in [2.75, 3.05) is 91.8 Å². The van der Waals surface area contributed by atoms with E-state index >= 15 is 0 Å². The van der Waals surface area contributed by atoms with Crippen LogP contribution in [0, 0.1) is 0 Å². The van der Waals surface area contributed by atoms with Crippen molar-refractivity contribution in [2.45, 2.75) is 18.1 Å². The minimum atomic E-state index is -1.60. The fourth-order valence-corrected chi connectivity index (χ4v) is 3.83. The maximum atomic E-state index is 12.3. The summed E-state index contributed by atoms with van der Waals surface area (Å²) in [6.07, 6.45) is 0. The Bertz CT molecular complexity index is 1700. The van der Waals surface area contributed by atoms with Gasteiger partial charge in [0.25, 0.3) is 0 Å². The van der Waals surface area contributed by atoms with Crippen molar-refractivity contribution in [3.63, 3.8) is 0 Å². The standard InChI is InChI=1S/C31H50N14O18/c32-1-18(49)33-2-19(50)34-4-21(52)38-9-26(57)43-15(12-46)29(60)41-7-24(55)36-3-20(51)35-5-22(53)39-10-27(58)44-16(13-47)30(61)42-8-25(56)37-6-23(54)40-11-28(59)45-17(14-48)31(62)63/h15-17,46-48H,1-14,32H2,(H,33,49)(H,34,50)(H,35,51)(H,36,55)(H,37,56)(H,38,52)(H,39,53)(H,40,54)(H,41,60)(H,42,61)(H,43,57)(H,44,58)(H,45,59)(H,62,63)/t15-,16-,17-/m0/s1. The molecule has 0 bridgehead atoms. The molecule has 0 unspecified atom stereocenters. The SMILES string of the molecule is NCC(=O)NCC(=O)NCC(=O)NCC(=O)N[C@@H](CO)C(=O)NCC(=O)NCC(=O)NCC(=O)NCC(=O)N[C@@H](CO)C(=O)NCC(=O)NCC(=O)NCC(=O)N[C@@H](CO)C(=O)O. The number of aliphatic carboxylic acids is 1. The Kier molecular flexibility index (Phi) is 27.5. The van der Waals surface area contributed by atoms with Crippen LogP contribution >= 0.6 is 0 Å². The van der Waals surface area contributed by atoms with Gasteiger partial charge in [-0.3, -0.25) is 62.3 Å². The summed E-state index contributed by atoms with van der Waals surface area (Å²) >= 11 is 0. The van der Waals surface area contributed by atoms with E-state index in [4.69, 9.17) is 15.9 Å². The number of rotatable bonds is 30. The van der Waals surface area contributed by atoms with Gasteiger partial charge in [-0.2, -0.15) is 0 Å². The van der Waals surface area contributed by atoms with Gasteiger partial charge in [-0.1, -0.05) is 0 Å². The van der Waals surface area contributed by atoms with Crippen molar-refractivity contribution in [3.05, 3.63) is 0 Å². The monoisotopic (exact) mass is 906 g/mol. The van der Waals surface area contributed by atoms with E-state index in [0.717, 1.165) is 0 Å². The summed E-state index contributed by atoms with van der Waals surface area (Å²) in [7, 11) is 0. The quantitative estimate of drug-likeness (QED) is 0.0318. The van der Waals surface area contributed by atoms with Crippen LogP contribution < -0.4 is 74.9 Å². The lowest BCUT2D eigenvalue weighted by Gasteiger charge is -2.16. The summed E-state index contributed by atoms with van der Waals surface area (Å²) in [5, 5.41) is 63.8. The van der Waals surface area contributed by atoms with Gasteiger partial charge in [-0.05, 0) is 0 Å². The molecule has 0 aliphatic heterocycles. The second-order valence-corrected chi connectivity index (χ2v) is 12.1. The molecule has 0 aliphatic carbocycles. The topological polar surface area (TPSA) is 502 Å². The van der Waals surface area contributed by atoms with Crippen LogP contribution in [0.2, 0.25) is 0 Å². The number of amides is 13. The van der Waals surface area contributed by atoms with Crippen LogP contribution in [0.3, 0.4) is 0 Å². The molecular formula is C31H50N14O18. The number of nitrogens with one attached hydrogen (secondary N) is 13. The predicted molar refractivity (Wildman–Crippen MR) is 204 cm³/mol. The molecule has 19 N–H and O–H groups in total. The van der Waals surface area contributed by atoms with E-state index in [2.05, 4.69) is 63.8 Å². The number of aliphatic hydroxyl groups excluding tert-OH is 3. The number of aliphatic hydroxyl groups is 3. The molecule has 0 radical (unpaired) electrons. The minimum Gasteiger partial charge on any atom is -0.480 e. The normalized spacial score (nSPS) is 11.6. The van der Waals surface area contributed by atoms with Gasteiger partial charge in [-0.25, -0.2) is 4.79 Å². The van der Waals surface area contributed by atoms with E-state index in [1.165, 1.54) is 0 Å². The molecule has 13 amide bonds. The molecular weight excluding hydrogens is 856 g/mol. The Hall–Kier alpha value is -7.58. The Morgan fingerprint density at radius 3 is 0.746 bits per heavy atom. The third-order valence-electron chi connectivity index (χ3n) is 7.09. The van der Waals surface area contributed by atoms with Gasteiger partial charge in [-0.15, -0.1) is 0 Å². The predicted octanol–water partition coefficient (Wildman–Crippen LogP) is -14.4. The van der Waals surface area contributed by atoms with E-state index in [1.54, 1.807) is 0 Å². The van der Waals surface area contributed by atoms with Crippen molar-refractivity contribution < 1.29 is 87.5 Å². The van der Waals surface area contributed by atoms with E-state index in [0.29, 0.717) is 0 Å². The Balaban J connectivity index is 4.38. The molecule has 0 aromatic carbocycles. The first-order chi connectivity index (χ1) is 29.7. The molecule has 32 nitrogen and oxygen atoms in total. The highest BCUT2D eigenvalue weighted by Crippen LogP contribution is 1.86. The van der Waals surface area contributed by atoms with Crippen LogP contribution in [0.5, 0.6) is 0 Å². The van der Waals surface area contributed by atoms with Crippen molar-refractivity contribution in [1.29, 1.82) is 0 Å². The lowest BCUT2D eigenvalue weighted by Crippen LogP contribution is -2.53. The number of carboxylic acids is 1. The molecule has 0 aromatic heterocycles. The van der Waals surface area contributed by atoms with Crippen LogP contribution in [-0.2, 0) is 67.1 Å². The fourth-order valence-electron chi connectivity index (χ4n) is 3.83. The summed E-state index contributed by atoms with van der Waals surface area (Å²) in [6, 6.07) is -4.76. The van der Waals surface area contributed by atoms with Crippen LogP contribution in [0.15, 0.2) is 0 Å². The third-order valence-corrected chi connectivity index (χ3v) is 7.09. The number of hydrogen-bond acceptors (Lipinski definition) is 18. The molecule has 0 saturated heterocycles. The molecule has 0 saturated carbocycles. The molecule has 0 fully saturated rings. The molecule has 352 valence electrons. The van der Waals surface area contributed by atoms with Crippen molar-refractivity contribution in [3.8, 4) is 0 Å². The van der Waals surface area contributed by atoms with Crippen LogP contribution in [-0.4, -0.2) is 213 Å². The number of nitrogens with two attached hydrogens (primary N) is 1. The molecule has 0 spiro atoms. The first-order valence-electron chi connectivity index (χ1n) is 18.1. The smallest absolute Gasteiger partial charge is 0.328 e. The summed E-state index contributed by atoms with van der Waals surface area (Å²) in [4.78, 5) is 166. The summed E-state index contributed by atoms with van der Waals surface area (Å²) in [5.74, 6) is -13.1. The van der Waals surface area contributed by atoms with Crippen LogP contribution in [0.25, 0.3) is 0 Å². The van der Waals surface area contributed by atoms with Gasteiger partial charge in [0, 0.05) is 0 Å². The maximum Gasteiger partial charge on any atom is 0.328 e. The summed E-state index contributed by atoms with van der Waals surface area (Å²) in [5.41, 5.74) is 5.07. The Labute approximate surface area is 355 Å². The zero-order valence-electron chi connectivity index (χ0n) is 33.2. The van der Waals surface area contributed by atoms with Crippen molar-refractivity contribution >= 4 is 82.8 Å². The Morgan fingerprint density at radius 1 is 0.317 bits per heavy atom. The van der Waals surface area contributed by atoms with Gasteiger partial charge in [0.15, 0.2) is 0 Å². The molecule has 32 heteroatoms. The van der Waals surface area contributed by atoms with E-state index in [-0.39, 0.29) is 6.54 Å². The zero-order valence-corrected chi connectivity index (χ0v) is 33.2. The van der Waals surface area contributed by atoms with Gasteiger partial charge in [0.1, 0.15) is 18.1 Å². The van der Waals surface area contributed by atoms with Crippen molar-refractivity contribution in [1.82, 2.24) is 69.1 Å². The number of carboxylic acid groups (broad SMARTS) is 1. The zero-order chi connectivity index (χ0) is 47.9. The second kappa shape index (κ2) is 31.3. The number of carbonyl (C=O) groups excluding carboxylic acids is 13. The third kappa shape index (κ3) is 27.0. The average Bonchev–Trinajstić information content (AvgIpc) is 3.26. The minimum absolute atomic E-state index is 0.347. The molecule has 0 aromatic rings. The average molecular weight is 907 g/mol. The molecule has 0 aliphatic rings. The van der Waals surface area contributed by atoms with Crippen LogP contribution in [0.1, 0.15) is 0 Å². The lowest BCUT2D eigenvalue weighted by molar-refractivity contribution is -0.143. The lowest BCUT2D eigenvalue weighted by atomic mass is 10.3. The van der Waals surface area contributed by atoms with E-state index in [1.807, 2.05) is 5.32 Å². The first-order valence-corrected chi connectivity index (χ1v) is 18.1. The summed E-state index contributed by atoms with van der Waals surface area (Å²) in [6.45, 7) is -9.74. The van der Waals surface area contributed by atoms with Gasteiger partial charge < -0.3 is 95.3 Å². The summed E-state index contributed by atoms with van der Waals surface area (Å²) < 4.78 is 0. The van der Waals surface area contributed by atoms with Gasteiger partial charge in [0.05, 0.1) is 91.8 Å². The van der Waals surface area contributed by atoms with Crippen molar-refractivity contribution in [2.24, 2.45) is 5.73 Å². The molecule has 0 heterocycles. The number of carbonyl (C=O) groups is 14. The maximum absolute atomic E-state index is 12.3. The fraction of sp³-hybridized carbons (Fsp3) is 0.548. The van der Waals surface area contributed by atoms with E-state index < -0.39 is 186 Å². The molecule has 3 atom stereocenters. The highest BCUT2D eigenvalue weighted by molar-refractivity contribution is 5.96. The highest BCUT2D eigenvalue weighted by Gasteiger charge is 2.23. The molecule has 0 rings (SSSR count). The first kappa shape index (κ1) is 55.4. The second-order valence-electron chi connectivity index (χ2n) is 12.1. The molecule has 63 heavy (non-hydrogen) atoms. The Morgan fingerprint density at radius 2 is 0.524 bits per heavy atom. The highest BCUT2D eigenvalue weighted by atomic mass is 16.4. The van der Waals surface area contributed by atoms with Crippen LogP contribution in [0.4, 0.5) is 0 Å².